The maximum absolute atomic E-state index is 6.11. The van der Waals surface area contributed by atoms with Crippen molar-refractivity contribution in [2.24, 2.45) is 0 Å². The smallest absolute Gasteiger partial charge is 0.131 e. The maximum Gasteiger partial charge on any atom is 0.131 e. The van der Waals surface area contributed by atoms with Crippen LogP contribution in [-0.2, 0) is 6.42 Å². The Morgan fingerprint density at radius 3 is 3.17 bits per heavy atom. The molecular formula is C15H17ClN2. The van der Waals surface area contributed by atoms with Crippen molar-refractivity contribution in [3.63, 3.8) is 0 Å². The molecule has 0 radical (unpaired) electrons. The summed E-state index contributed by atoms with van der Waals surface area (Å²) in [7, 11) is 0. The topological polar surface area (TPSA) is 24.9 Å². The van der Waals surface area contributed by atoms with Gasteiger partial charge in [0, 0.05) is 12.2 Å². The Kier molecular flexibility index (Phi) is 3.13. The summed E-state index contributed by atoms with van der Waals surface area (Å²) >= 11 is 6.11. The molecule has 2 aliphatic carbocycles. The number of allylic oxidation sites excluding steroid dienone is 3. The van der Waals surface area contributed by atoms with Gasteiger partial charge in [0.05, 0.1) is 5.69 Å². The molecule has 0 aliphatic heterocycles. The van der Waals surface area contributed by atoms with Gasteiger partial charge in [-0.15, -0.1) is 0 Å². The molecular weight excluding hydrogens is 244 g/mol. The highest BCUT2D eigenvalue weighted by Gasteiger charge is 2.23. The van der Waals surface area contributed by atoms with Crippen LogP contribution in [0, 0.1) is 0 Å². The molecule has 1 aromatic heterocycles. The molecule has 94 valence electrons. The fraction of sp³-hybridized carbons (Fsp3) is 0.400. The Hall–Kier alpha value is -1.28. The molecule has 0 spiro atoms. The van der Waals surface area contributed by atoms with Crippen molar-refractivity contribution in [1.29, 1.82) is 0 Å². The Morgan fingerprint density at radius 2 is 2.39 bits per heavy atom. The first-order valence-electron chi connectivity index (χ1n) is 6.52. The van der Waals surface area contributed by atoms with Crippen LogP contribution in [0.25, 0.3) is 0 Å². The first-order valence-corrected chi connectivity index (χ1v) is 6.89. The van der Waals surface area contributed by atoms with Crippen LogP contribution in [0.2, 0.25) is 5.15 Å². The number of hydrogen-bond acceptors (Lipinski definition) is 2. The molecule has 3 heteroatoms. The van der Waals surface area contributed by atoms with Gasteiger partial charge in [0.1, 0.15) is 5.15 Å². The highest BCUT2D eigenvalue weighted by molar-refractivity contribution is 6.29. The number of hydrogen-bond donors (Lipinski definition) is 1. The number of aromatic nitrogens is 1. The van der Waals surface area contributed by atoms with E-state index in [9.17, 15) is 0 Å². The molecule has 1 unspecified atom stereocenters. The van der Waals surface area contributed by atoms with Crippen molar-refractivity contribution in [3.8, 4) is 0 Å². The van der Waals surface area contributed by atoms with E-state index in [1.165, 1.54) is 28.9 Å². The standard InChI is InChI=1S/C15H17ClN2/c1-10-6-7-12-13(8-14(16)18-15(10)12)17-9-11-4-2-3-5-11/h2-4,8,10H,5-7,9H2,1H3,(H,17,18). The summed E-state index contributed by atoms with van der Waals surface area (Å²) in [4.78, 5) is 4.47. The first-order chi connectivity index (χ1) is 8.74. The zero-order chi connectivity index (χ0) is 12.5. The Labute approximate surface area is 113 Å². The lowest BCUT2D eigenvalue weighted by Crippen LogP contribution is -2.07. The average Bonchev–Trinajstić information content (AvgIpc) is 2.97. The summed E-state index contributed by atoms with van der Waals surface area (Å²) in [5.74, 6) is 0.534. The lowest BCUT2D eigenvalue weighted by atomic mass is 10.1. The van der Waals surface area contributed by atoms with Gasteiger partial charge < -0.3 is 5.32 Å². The van der Waals surface area contributed by atoms with Crippen LogP contribution < -0.4 is 5.32 Å². The van der Waals surface area contributed by atoms with Gasteiger partial charge in [-0.3, -0.25) is 0 Å². The van der Waals surface area contributed by atoms with Crippen molar-refractivity contribution >= 4 is 17.3 Å². The van der Waals surface area contributed by atoms with E-state index >= 15 is 0 Å². The predicted octanol–water partition coefficient (Wildman–Crippen LogP) is 4.08. The van der Waals surface area contributed by atoms with Crippen molar-refractivity contribution in [3.05, 3.63) is 46.3 Å². The summed E-state index contributed by atoms with van der Waals surface area (Å²) in [6.45, 7) is 3.12. The van der Waals surface area contributed by atoms with E-state index in [0.29, 0.717) is 11.1 Å². The van der Waals surface area contributed by atoms with E-state index in [1.807, 2.05) is 6.07 Å². The van der Waals surface area contributed by atoms with Gasteiger partial charge in [-0.05, 0) is 42.4 Å². The minimum Gasteiger partial charge on any atom is -0.381 e. The Morgan fingerprint density at radius 1 is 1.50 bits per heavy atom. The molecule has 2 nitrogen and oxygen atoms in total. The third-order valence-corrected chi connectivity index (χ3v) is 3.97. The van der Waals surface area contributed by atoms with Crippen molar-refractivity contribution in [1.82, 2.24) is 4.98 Å². The van der Waals surface area contributed by atoms with Crippen LogP contribution in [0.4, 0.5) is 5.69 Å². The van der Waals surface area contributed by atoms with E-state index in [0.717, 1.165) is 19.4 Å². The summed E-state index contributed by atoms with van der Waals surface area (Å²) < 4.78 is 0. The molecule has 0 fully saturated rings. The lowest BCUT2D eigenvalue weighted by Gasteiger charge is -2.13. The van der Waals surface area contributed by atoms with E-state index < -0.39 is 0 Å². The number of pyridine rings is 1. The predicted molar refractivity (Wildman–Crippen MR) is 76.3 cm³/mol. The van der Waals surface area contributed by atoms with Gasteiger partial charge in [-0.25, -0.2) is 4.98 Å². The van der Waals surface area contributed by atoms with Crippen LogP contribution in [0.5, 0.6) is 0 Å². The zero-order valence-corrected chi connectivity index (χ0v) is 11.3. The summed E-state index contributed by atoms with van der Waals surface area (Å²) in [5.41, 5.74) is 5.13. The van der Waals surface area contributed by atoms with Crippen molar-refractivity contribution in [2.45, 2.75) is 32.1 Å². The Bertz CT molecular complexity index is 532. The van der Waals surface area contributed by atoms with Crippen LogP contribution in [-0.4, -0.2) is 11.5 Å². The van der Waals surface area contributed by atoms with Crippen molar-refractivity contribution < 1.29 is 0 Å². The molecule has 1 heterocycles. The van der Waals surface area contributed by atoms with E-state index in [2.05, 4.69) is 35.5 Å². The maximum atomic E-state index is 6.11. The van der Waals surface area contributed by atoms with Crippen LogP contribution in [0.15, 0.2) is 29.9 Å². The summed E-state index contributed by atoms with van der Waals surface area (Å²) in [6, 6.07) is 1.96. The fourth-order valence-corrected chi connectivity index (χ4v) is 2.92. The molecule has 0 saturated heterocycles. The van der Waals surface area contributed by atoms with Crippen molar-refractivity contribution in [2.75, 3.05) is 11.9 Å². The SMILES string of the molecule is CC1CCc2c(NCC3=CC=CC3)cc(Cl)nc21. The van der Waals surface area contributed by atoms with E-state index in [1.54, 1.807) is 0 Å². The third-order valence-electron chi connectivity index (χ3n) is 3.77. The molecule has 1 atom stereocenters. The average molecular weight is 261 g/mol. The first kappa shape index (κ1) is 11.8. The van der Waals surface area contributed by atoms with Gasteiger partial charge in [-0.2, -0.15) is 0 Å². The minimum atomic E-state index is 0.534. The highest BCUT2D eigenvalue weighted by Crippen LogP contribution is 2.37. The number of rotatable bonds is 3. The van der Waals surface area contributed by atoms with E-state index in [4.69, 9.17) is 11.6 Å². The van der Waals surface area contributed by atoms with Gasteiger partial charge in [-0.1, -0.05) is 36.8 Å². The Balaban J connectivity index is 1.81. The van der Waals surface area contributed by atoms with E-state index in [-0.39, 0.29) is 0 Å². The normalized spacial score (nSPS) is 21.0. The fourth-order valence-electron chi connectivity index (χ4n) is 2.72. The molecule has 18 heavy (non-hydrogen) atoms. The second-order valence-corrected chi connectivity index (χ2v) is 5.49. The zero-order valence-electron chi connectivity index (χ0n) is 10.5. The third kappa shape index (κ3) is 2.17. The molecule has 0 aromatic carbocycles. The molecule has 0 amide bonds. The largest absolute Gasteiger partial charge is 0.381 e. The number of anilines is 1. The van der Waals surface area contributed by atoms with Gasteiger partial charge in [0.2, 0.25) is 0 Å². The van der Waals surface area contributed by atoms with Crippen LogP contribution >= 0.6 is 11.6 Å². The van der Waals surface area contributed by atoms with Gasteiger partial charge in [0.25, 0.3) is 0 Å². The molecule has 2 aliphatic rings. The van der Waals surface area contributed by atoms with Gasteiger partial charge >= 0.3 is 0 Å². The van der Waals surface area contributed by atoms with Gasteiger partial charge in [0.15, 0.2) is 0 Å². The molecule has 1 aromatic rings. The highest BCUT2D eigenvalue weighted by atomic mass is 35.5. The minimum absolute atomic E-state index is 0.534. The molecule has 0 bridgehead atoms. The van der Waals surface area contributed by atoms with Crippen LogP contribution in [0.3, 0.4) is 0 Å². The number of nitrogens with one attached hydrogen (secondary N) is 1. The number of fused-ring (bicyclic) bond motifs is 1. The summed E-state index contributed by atoms with van der Waals surface area (Å²) in [5, 5.41) is 4.12. The quantitative estimate of drug-likeness (QED) is 0.829. The molecule has 0 saturated carbocycles. The second kappa shape index (κ2) is 4.77. The molecule has 3 rings (SSSR count). The van der Waals surface area contributed by atoms with Crippen LogP contribution in [0.1, 0.15) is 36.9 Å². The molecule has 1 N–H and O–H groups in total. The number of halogens is 1. The second-order valence-electron chi connectivity index (χ2n) is 5.11. The summed E-state index contributed by atoms with van der Waals surface area (Å²) in [6.07, 6.45) is 9.83. The lowest BCUT2D eigenvalue weighted by molar-refractivity contribution is 0.731. The monoisotopic (exact) mass is 260 g/mol. The number of nitrogens with zero attached hydrogens (tertiary/aromatic N) is 1.